The molecule has 136 valence electrons. The molecule has 0 saturated heterocycles. The van der Waals surface area contributed by atoms with E-state index in [0.717, 1.165) is 36.1 Å². The number of nitrogens with one attached hydrogen (secondary N) is 1. The van der Waals surface area contributed by atoms with Gasteiger partial charge >= 0.3 is 0 Å². The van der Waals surface area contributed by atoms with Gasteiger partial charge < -0.3 is 5.32 Å². The predicted molar refractivity (Wildman–Crippen MR) is 103 cm³/mol. The van der Waals surface area contributed by atoms with Crippen LogP contribution in [0.5, 0.6) is 0 Å². The van der Waals surface area contributed by atoms with Crippen LogP contribution in [0.15, 0.2) is 57.5 Å². The quantitative estimate of drug-likeness (QED) is 0.850. The van der Waals surface area contributed by atoms with Gasteiger partial charge in [0.05, 0.1) is 11.6 Å². The first-order valence-corrected chi connectivity index (χ1v) is 9.64. The Morgan fingerprint density at radius 3 is 2.77 bits per heavy atom. The van der Waals surface area contributed by atoms with E-state index in [1.165, 1.54) is 11.1 Å². The predicted octanol–water partition coefficient (Wildman–Crippen LogP) is 4.82. The van der Waals surface area contributed by atoms with Crippen molar-refractivity contribution in [3.05, 3.63) is 58.4 Å². The van der Waals surface area contributed by atoms with Crippen molar-refractivity contribution in [3.8, 4) is 0 Å². The maximum absolute atomic E-state index is 13.3. The summed E-state index contributed by atoms with van der Waals surface area (Å²) in [5.41, 5.74) is 5.17. The number of ketones is 1. The van der Waals surface area contributed by atoms with E-state index in [9.17, 15) is 4.79 Å². The Hall–Kier alpha value is -2.23. The molecule has 2 atom stereocenters. The molecule has 26 heavy (non-hydrogen) atoms. The van der Waals surface area contributed by atoms with E-state index < -0.39 is 5.41 Å². The minimum atomic E-state index is -0.423. The zero-order chi connectivity index (χ0) is 18.5. The lowest BCUT2D eigenvalue weighted by atomic mass is 9.58. The zero-order valence-corrected chi connectivity index (χ0v) is 16.1. The molecule has 1 unspecified atom stereocenters. The summed E-state index contributed by atoms with van der Waals surface area (Å²) < 4.78 is 0. The third-order valence-corrected chi connectivity index (χ3v) is 6.14. The molecule has 4 heteroatoms. The van der Waals surface area contributed by atoms with Crippen LogP contribution in [-0.2, 0) is 16.6 Å². The third kappa shape index (κ3) is 2.38. The van der Waals surface area contributed by atoms with E-state index >= 15 is 0 Å². The van der Waals surface area contributed by atoms with Gasteiger partial charge in [0, 0.05) is 23.3 Å². The van der Waals surface area contributed by atoms with Gasteiger partial charge in [-0.15, -0.1) is 0 Å². The first kappa shape index (κ1) is 17.2. The number of carbonyl (C=O) groups is 1. The van der Waals surface area contributed by atoms with E-state index in [1.807, 2.05) is 6.20 Å². The average Bonchev–Trinajstić information content (AvgIpc) is 3.07. The highest BCUT2D eigenvalue weighted by atomic mass is 16.1. The smallest absolute Gasteiger partial charge is 0.164 e. The number of azo groups is 1. The summed E-state index contributed by atoms with van der Waals surface area (Å²) in [6.07, 6.45) is 5.00. The number of carbonyl (C=O) groups excluding carboxylic acids is 1. The van der Waals surface area contributed by atoms with Crippen molar-refractivity contribution in [2.45, 2.75) is 65.0 Å². The van der Waals surface area contributed by atoms with Gasteiger partial charge in [0.2, 0.25) is 0 Å². The Bertz CT molecular complexity index is 862. The van der Waals surface area contributed by atoms with E-state index in [4.69, 9.17) is 0 Å². The van der Waals surface area contributed by atoms with Gasteiger partial charge in [-0.1, -0.05) is 52.0 Å². The van der Waals surface area contributed by atoms with E-state index in [-0.39, 0.29) is 17.4 Å². The van der Waals surface area contributed by atoms with Crippen molar-refractivity contribution in [2.75, 3.05) is 0 Å². The van der Waals surface area contributed by atoms with Crippen LogP contribution in [0, 0.1) is 5.41 Å². The molecule has 2 aliphatic heterocycles. The molecular weight excluding hydrogens is 322 g/mol. The van der Waals surface area contributed by atoms with E-state index in [1.54, 1.807) is 0 Å². The number of hydrogen-bond donors (Lipinski definition) is 1. The minimum absolute atomic E-state index is 0.0232. The van der Waals surface area contributed by atoms with Crippen LogP contribution < -0.4 is 5.32 Å². The number of rotatable bonds is 3. The number of allylic oxidation sites excluding steroid dienone is 2. The molecular formula is C22H27N3O. The Labute approximate surface area is 155 Å². The molecule has 0 spiro atoms. The zero-order valence-electron chi connectivity index (χ0n) is 16.1. The molecule has 0 radical (unpaired) electrons. The van der Waals surface area contributed by atoms with Gasteiger partial charge in [-0.3, -0.25) is 4.79 Å². The number of Topliss-reactive ketones (excluding diaryl/α,β-unsaturated/α-hetero) is 1. The van der Waals surface area contributed by atoms with Crippen molar-refractivity contribution in [3.63, 3.8) is 0 Å². The van der Waals surface area contributed by atoms with Crippen LogP contribution >= 0.6 is 0 Å². The summed E-state index contributed by atoms with van der Waals surface area (Å²) in [7, 11) is 0. The van der Waals surface area contributed by atoms with Crippen molar-refractivity contribution >= 4 is 5.78 Å². The lowest BCUT2D eigenvalue weighted by Gasteiger charge is -2.47. The van der Waals surface area contributed by atoms with E-state index in [0.29, 0.717) is 6.42 Å². The number of fused-ring (bicyclic) bond motifs is 1. The summed E-state index contributed by atoms with van der Waals surface area (Å²) in [6.45, 7) is 8.69. The Morgan fingerprint density at radius 2 is 2.04 bits per heavy atom. The Kier molecular flexibility index (Phi) is 3.90. The molecule has 0 saturated carbocycles. The van der Waals surface area contributed by atoms with Gasteiger partial charge in [0.15, 0.2) is 11.9 Å². The van der Waals surface area contributed by atoms with Gasteiger partial charge in [-0.05, 0) is 35.8 Å². The molecule has 4 rings (SSSR count). The van der Waals surface area contributed by atoms with Crippen LogP contribution in [0.2, 0.25) is 0 Å². The SMILES string of the molecule is CCc1cccc([C@@]2(CC)C3=CN=NC3NC3=C2C(=O)CC(C)(C)C3)c1. The molecule has 4 nitrogen and oxygen atoms in total. The fourth-order valence-electron chi connectivity index (χ4n) is 4.95. The standard InChI is InChI=1S/C22H27N3O/c1-5-14-8-7-9-15(10-14)22(6-2)16-13-23-25-20(16)24-17-11-21(3,4)12-18(26)19(17)22/h7-10,13,20,24H,5-6,11-12H2,1-4H3/t20?,22-/m0/s1. The monoisotopic (exact) mass is 349 g/mol. The topological polar surface area (TPSA) is 53.8 Å². The summed E-state index contributed by atoms with van der Waals surface area (Å²) in [5, 5.41) is 12.2. The summed E-state index contributed by atoms with van der Waals surface area (Å²) in [6, 6.07) is 8.71. The van der Waals surface area contributed by atoms with Crippen molar-refractivity contribution in [1.82, 2.24) is 5.32 Å². The molecule has 1 aromatic rings. The Morgan fingerprint density at radius 1 is 1.23 bits per heavy atom. The lowest BCUT2D eigenvalue weighted by molar-refractivity contribution is -0.119. The molecule has 0 bridgehead atoms. The molecule has 0 amide bonds. The highest BCUT2D eigenvalue weighted by Crippen LogP contribution is 2.53. The average molecular weight is 349 g/mol. The van der Waals surface area contributed by atoms with Crippen LogP contribution in [0.4, 0.5) is 0 Å². The summed E-state index contributed by atoms with van der Waals surface area (Å²) >= 11 is 0. The molecule has 1 aromatic carbocycles. The number of benzene rings is 1. The molecule has 2 heterocycles. The van der Waals surface area contributed by atoms with Crippen LogP contribution in [0.3, 0.4) is 0 Å². The van der Waals surface area contributed by atoms with Crippen LogP contribution in [0.1, 0.15) is 58.1 Å². The van der Waals surface area contributed by atoms with Gasteiger partial charge in [0.1, 0.15) is 0 Å². The lowest BCUT2D eigenvalue weighted by Crippen LogP contribution is -2.51. The van der Waals surface area contributed by atoms with Crippen molar-refractivity contribution in [1.29, 1.82) is 0 Å². The molecule has 3 aliphatic rings. The number of hydrogen-bond acceptors (Lipinski definition) is 4. The molecule has 1 N–H and O–H groups in total. The van der Waals surface area contributed by atoms with Gasteiger partial charge in [-0.25, -0.2) is 0 Å². The number of aryl methyl sites for hydroxylation is 1. The van der Waals surface area contributed by atoms with Crippen molar-refractivity contribution < 1.29 is 4.79 Å². The second-order valence-electron chi connectivity index (χ2n) is 8.47. The fraction of sp³-hybridized carbons (Fsp3) is 0.500. The Balaban J connectivity index is 1.99. The fourth-order valence-corrected chi connectivity index (χ4v) is 4.95. The molecule has 0 aromatic heterocycles. The van der Waals surface area contributed by atoms with E-state index in [2.05, 4.69) is 67.5 Å². The van der Waals surface area contributed by atoms with Gasteiger partial charge in [0.25, 0.3) is 0 Å². The highest BCUT2D eigenvalue weighted by molar-refractivity contribution is 6.01. The van der Waals surface area contributed by atoms with Crippen LogP contribution in [0.25, 0.3) is 0 Å². The number of nitrogens with zero attached hydrogens (tertiary/aromatic N) is 2. The first-order valence-electron chi connectivity index (χ1n) is 9.64. The van der Waals surface area contributed by atoms with Crippen LogP contribution in [-0.4, -0.2) is 11.9 Å². The summed E-state index contributed by atoms with van der Waals surface area (Å²) in [4.78, 5) is 13.3. The first-order chi connectivity index (χ1) is 12.4. The van der Waals surface area contributed by atoms with Gasteiger partial charge in [-0.2, -0.15) is 10.2 Å². The highest BCUT2D eigenvalue weighted by Gasteiger charge is 2.52. The second-order valence-corrected chi connectivity index (χ2v) is 8.47. The maximum atomic E-state index is 13.3. The minimum Gasteiger partial charge on any atom is -0.362 e. The molecule has 0 fully saturated rings. The molecule has 1 aliphatic carbocycles. The third-order valence-electron chi connectivity index (χ3n) is 6.14. The van der Waals surface area contributed by atoms with Crippen molar-refractivity contribution in [2.24, 2.45) is 15.6 Å². The summed E-state index contributed by atoms with van der Waals surface area (Å²) in [5.74, 6) is 0.263. The largest absolute Gasteiger partial charge is 0.362 e. The maximum Gasteiger partial charge on any atom is 0.164 e. The second kappa shape index (κ2) is 5.90. The normalized spacial score (nSPS) is 29.2.